The molecule has 0 bridgehead atoms. The second kappa shape index (κ2) is 5.94. The minimum absolute atomic E-state index is 0.0997. The highest BCUT2D eigenvalue weighted by atomic mass is 16.2. The van der Waals surface area contributed by atoms with E-state index in [1.807, 2.05) is 11.0 Å². The standard InChI is InChI=1S/C16H23N3O/c1-12-10-18-14(11-17-12)16(20)19-9-5-4-7-13-6-2-3-8-15(13)19/h2-3,6,8,12,14,17-18H,4-5,7,9-11H2,1H3. The molecule has 0 radical (unpaired) electrons. The highest BCUT2D eigenvalue weighted by Crippen LogP contribution is 2.26. The molecule has 20 heavy (non-hydrogen) atoms. The quantitative estimate of drug-likeness (QED) is 0.811. The minimum atomic E-state index is -0.0997. The van der Waals surface area contributed by atoms with E-state index < -0.39 is 0 Å². The van der Waals surface area contributed by atoms with E-state index in [2.05, 4.69) is 35.8 Å². The molecule has 2 N–H and O–H groups in total. The fourth-order valence-corrected chi connectivity index (χ4v) is 3.07. The van der Waals surface area contributed by atoms with Crippen molar-refractivity contribution in [3.8, 4) is 0 Å². The number of nitrogens with zero attached hydrogens (tertiary/aromatic N) is 1. The van der Waals surface area contributed by atoms with E-state index in [0.717, 1.165) is 44.6 Å². The van der Waals surface area contributed by atoms with Gasteiger partial charge in [-0.05, 0) is 37.8 Å². The number of nitrogens with one attached hydrogen (secondary N) is 2. The summed E-state index contributed by atoms with van der Waals surface area (Å²) in [5, 5.41) is 6.75. The van der Waals surface area contributed by atoms with Crippen molar-refractivity contribution in [2.24, 2.45) is 0 Å². The van der Waals surface area contributed by atoms with Crippen LogP contribution >= 0.6 is 0 Å². The molecule has 1 amide bonds. The summed E-state index contributed by atoms with van der Waals surface area (Å²) in [5.41, 5.74) is 2.41. The lowest BCUT2D eigenvalue weighted by atomic mass is 10.1. The zero-order valence-corrected chi connectivity index (χ0v) is 12.1. The molecule has 108 valence electrons. The molecular formula is C16H23N3O. The van der Waals surface area contributed by atoms with Gasteiger partial charge in [0.2, 0.25) is 5.91 Å². The summed E-state index contributed by atoms with van der Waals surface area (Å²) in [6, 6.07) is 8.66. The fourth-order valence-electron chi connectivity index (χ4n) is 3.07. The SMILES string of the molecule is CC1CNC(C(=O)N2CCCCc3ccccc32)CN1. The molecule has 2 heterocycles. The van der Waals surface area contributed by atoms with Crippen molar-refractivity contribution in [2.45, 2.75) is 38.3 Å². The highest BCUT2D eigenvalue weighted by Gasteiger charge is 2.29. The van der Waals surface area contributed by atoms with E-state index in [0.29, 0.717) is 6.04 Å². The largest absolute Gasteiger partial charge is 0.311 e. The van der Waals surface area contributed by atoms with Crippen LogP contribution in [-0.4, -0.2) is 37.6 Å². The van der Waals surface area contributed by atoms with E-state index in [1.54, 1.807) is 0 Å². The molecule has 0 aliphatic carbocycles. The first-order chi connectivity index (χ1) is 9.75. The lowest BCUT2D eigenvalue weighted by Gasteiger charge is -2.33. The number of fused-ring (bicyclic) bond motifs is 1. The number of piperazine rings is 1. The Labute approximate surface area is 120 Å². The molecule has 2 atom stereocenters. The number of rotatable bonds is 1. The lowest BCUT2D eigenvalue weighted by molar-refractivity contribution is -0.120. The summed E-state index contributed by atoms with van der Waals surface area (Å²) in [6.07, 6.45) is 3.32. The summed E-state index contributed by atoms with van der Waals surface area (Å²) in [5.74, 6) is 0.207. The van der Waals surface area contributed by atoms with Gasteiger partial charge in [-0.15, -0.1) is 0 Å². The number of carbonyl (C=O) groups excluding carboxylic acids is 1. The number of carbonyl (C=O) groups is 1. The van der Waals surface area contributed by atoms with Crippen LogP contribution in [0.5, 0.6) is 0 Å². The van der Waals surface area contributed by atoms with Crippen LogP contribution in [0.3, 0.4) is 0 Å². The van der Waals surface area contributed by atoms with Crippen LogP contribution in [0.15, 0.2) is 24.3 Å². The summed E-state index contributed by atoms with van der Waals surface area (Å²) >= 11 is 0. The second-order valence-electron chi connectivity index (χ2n) is 5.85. The number of benzene rings is 1. The topological polar surface area (TPSA) is 44.4 Å². The van der Waals surface area contributed by atoms with Crippen LogP contribution < -0.4 is 15.5 Å². The van der Waals surface area contributed by atoms with E-state index >= 15 is 0 Å². The molecule has 1 aromatic rings. The van der Waals surface area contributed by atoms with Crippen molar-refractivity contribution in [1.82, 2.24) is 10.6 Å². The summed E-state index contributed by atoms with van der Waals surface area (Å²) in [4.78, 5) is 14.8. The predicted molar refractivity (Wildman–Crippen MR) is 81.0 cm³/mol. The highest BCUT2D eigenvalue weighted by molar-refractivity contribution is 5.98. The van der Waals surface area contributed by atoms with Crippen molar-refractivity contribution < 1.29 is 4.79 Å². The Kier molecular flexibility index (Phi) is 4.03. The number of hydrogen-bond acceptors (Lipinski definition) is 3. The van der Waals surface area contributed by atoms with Crippen molar-refractivity contribution in [3.05, 3.63) is 29.8 Å². The molecule has 2 aliphatic rings. The van der Waals surface area contributed by atoms with Crippen molar-refractivity contribution in [2.75, 3.05) is 24.5 Å². The first kappa shape index (κ1) is 13.6. The van der Waals surface area contributed by atoms with E-state index in [-0.39, 0.29) is 11.9 Å². The summed E-state index contributed by atoms with van der Waals surface area (Å²) in [6.45, 7) is 4.54. The maximum absolute atomic E-state index is 12.8. The Balaban J connectivity index is 1.80. The van der Waals surface area contributed by atoms with E-state index in [4.69, 9.17) is 0 Å². The van der Waals surface area contributed by atoms with Gasteiger partial charge in [0.15, 0.2) is 0 Å². The van der Waals surface area contributed by atoms with Gasteiger partial charge in [-0.1, -0.05) is 18.2 Å². The molecule has 2 aliphatic heterocycles. The van der Waals surface area contributed by atoms with Crippen LogP contribution in [0.1, 0.15) is 25.3 Å². The van der Waals surface area contributed by atoms with Crippen LogP contribution in [-0.2, 0) is 11.2 Å². The van der Waals surface area contributed by atoms with Crippen molar-refractivity contribution in [3.63, 3.8) is 0 Å². The first-order valence-corrected chi connectivity index (χ1v) is 7.62. The Bertz CT molecular complexity index is 480. The molecule has 1 fully saturated rings. The number of hydrogen-bond donors (Lipinski definition) is 2. The predicted octanol–water partition coefficient (Wildman–Crippen LogP) is 1.31. The van der Waals surface area contributed by atoms with E-state index in [9.17, 15) is 4.79 Å². The summed E-state index contributed by atoms with van der Waals surface area (Å²) in [7, 11) is 0. The Morgan fingerprint density at radius 2 is 2.05 bits per heavy atom. The Morgan fingerprint density at radius 1 is 1.20 bits per heavy atom. The van der Waals surface area contributed by atoms with Gasteiger partial charge in [0, 0.05) is 31.4 Å². The average molecular weight is 273 g/mol. The minimum Gasteiger partial charge on any atom is -0.311 e. The summed E-state index contributed by atoms with van der Waals surface area (Å²) < 4.78 is 0. The lowest BCUT2D eigenvalue weighted by Crippen LogP contribution is -2.59. The molecule has 1 saturated heterocycles. The Morgan fingerprint density at radius 3 is 2.85 bits per heavy atom. The van der Waals surface area contributed by atoms with Crippen molar-refractivity contribution in [1.29, 1.82) is 0 Å². The molecule has 4 nitrogen and oxygen atoms in total. The first-order valence-electron chi connectivity index (χ1n) is 7.62. The fraction of sp³-hybridized carbons (Fsp3) is 0.562. The van der Waals surface area contributed by atoms with Crippen LogP contribution in [0.4, 0.5) is 5.69 Å². The smallest absolute Gasteiger partial charge is 0.245 e. The molecular weight excluding hydrogens is 250 g/mol. The zero-order chi connectivity index (χ0) is 13.9. The van der Waals surface area contributed by atoms with E-state index in [1.165, 1.54) is 5.56 Å². The van der Waals surface area contributed by atoms with Crippen molar-refractivity contribution >= 4 is 11.6 Å². The zero-order valence-electron chi connectivity index (χ0n) is 12.1. The van der Waals surface area contributed by atoms with Gasteiger partial charge in [-0.3, -0.25) is 4.79 Å². The van der Waals surface area contributed by atoms with Gasteiger partial charge >= 0.3 is 0 Å². The van der Waals surface area contributed by atoms with Gasteiger partial charge in [0.05, 0.1) is 6.04 Å². The molecule has 1 aromatic carbocycles. The van der Waals surface area contributed by atoms with Crippen LogP contribution in [0, 0.1) is 0 Å². The third-order valence-electron chi connectivity index (χ3n) is 4.27. The molecule has 4 heteroatoms. The van der Waals surface area contributed by atoms with Gasteiger partial charge < -0.3 is 15.5 Å². The molecule has 3 rings (SSSR count). The maximum Gasteiger partial charge on any atom is 0.245 e. The molecule has 0 saturated carbocycles. The number of para-hydroxylation sites is 1. The molecule has 0 aromatic heterocycles. The average Bonchev–Trinajstić information content (AvgIpc) is 2.69. The molecule has 2 unspecified atom stereocenters. The monoisotopic (exact) mass is 273 g/mol. The Hall–Kier alpha value is -1.39. The van der Waals surface area contributed by atoms with Gasteiger partial charge in [0.1, 0.15) is 0 Å². The number of anilines is 1. The third kappa shape index (κ3) is 2.72. The van der Waals surface area contributed by atoms with Gasteiger partial charge in [-0.2, -0.15) is 0 Å². The molecule has 0 spiro atoms. The third-order valence-corrected chi connectivity index (χ3v) is 4.27. The van der Waals surface area contributed by atoms with Crippen LogP contribution in [0.2, 0.25) is 0 Å². The second-order valence-corrected chi connectivity index (χ2v) is 5.85. The van der Waals surface area contributed by atoms with Crippen LogP contribution in [0.25, 0.3) is 0 Å². The number of aryl methyl sites for hydroxylation is 1. The number of amides is 1. The van der Waals surface area contributed by atoms with Gasteiger partial charge in [0.25, 0.3) is 0 Å². The van der Waals surface area contributed by atoms with Gasteiger partial charge in [-0.25, -0.2) is 0 Å². The maximum atomic E-state index is 12.8. The normalized spacial score (nSPS) is 26.8.